The maximum absolute atomic E-state index is 12.5. The number of amides is 2. The molecule has 2 atom stereocenters. The van der Waals surface area contributed by atoms with E-state index in [0.29, 0.717) is 12.8 Å². The van der Waals surface area contributed by atoms with Crippen LogP contribution in [-0.4, -0.2) is 41.2 Å². The fourth-order valence-electron chi connectivity index (χ4n) is 2.48. The van der Waals surface area contributed by atoms with E-state index in [0.717, 1.165) is 17.9 Å². The van der Waals surface area contributed by atoms with Crippen LogP contribution in [0.2, 0.25) is 0 Å². The molecule has 0 saturated heterocycles. The zero-order valence-electron chi connectivity index (χ0n) is 12.1. The third kappa shape index (κ3) is 3.85. The Hall–Kier alpha value is -1.79. The van der Waals surface area contributed by atoms with Crippen molar-refractivity contribution in [1.82, 2.24) is 10.4 Å². The van der Waals surface area contributed by atoms with Gasteiger partial charge in [-0.1, -0.05) is 12.8 Å². The third-order valence-electron chi connectivity index (χ3n) is 3.55. The van der Waals surface area contributed by atoms with Crippen molar-refractivity contribution in [3.8, 4) is 0 Å². The number of hydrogen-bond acceptors (Lipinski definition) is 4. The van der Waals surface area contributed by atoms with E-state index >= 15 is 0 Å². The molecule has 0 aliphatic heterocycles. The first-order chi connectivity index (χ1) is 9.38. The highest BCUT2D eigenvalue weighted by Crippen LogP contribution is 2.31. The van der Waals surface area contributed by atoms with Crippen LogP contribution < -0.4 is 5.43 Å². The van der Waals surface area contributed by atoms with Gasteiger partial charge in [-0.05, 0) is 26.7 Å². The molecule has 1 rings (SSSR count). The zero-order valence-corrected chi connectivity index (χ0v) is 12.1. The number of carbonyl (C=O) groups excluding carboxylic acids is 2. The van der Waals surface area contributed by atoms with Gasteiger partial charge in [-0.3, -0.25) is 9.59 Å². The van der Waals surface area contributed by atoms with E-state index in [4.69, 9.17) is 0 Å². The summed E-state index contributed by atoms with van der Waals surface area (Å²) in [6.45, 7) is 3.49. The van der Waals surface area contributed by atoms with E-state index in [2.05, 4.69) is 10.2 Å². The van der Waals surface area contributed by atoms with Crippen molar-refractivity contribution in [2.24, 2.45) is 11.8 Å². The quantitative estimate of drug-likeness (QED) is 0.764. The number of nitrogens with one attached hydrogen (secondary N) is 1. The van der Waals surface area contributed by atoms with Crippen LogP contribution in [-0.2, 0) is 14.3 Å². The Morgan fingerprint density at radius 3 is 2.20 bits per heavy atom. The van der Waals surface area contributed by atoms with Crippen molar-refractivity contribution in [3.05, 3.63) is 0 Å². The minimum atomic E-state index is -0.954. The lowest BCUT2D eigenvalue weighted by molar-refractivity contribution is -0.154. The molecule has 1 aliphatic carbocycles. The molecule has 0 bridgehead atoms. The summed E-state index contributed by atoms with van der Waals surface area (Å²) in [5, 5.41) is 10.4. The number of hydrazine groups is 1. The summed E-state index contributed by atoms with van der Waals surface area (Å²) in [7, 11) is 1.21. The Morgan fingerprint density at radius 1 is 1.20 bits per heavy atom. The minimum absolute atomic E-state index is 0.280. The van der Waals surface area contributed by atoms with Crippen LogP contribution in [0.5, 0.6) is 0 Å². The van der Waals surface area contributed by atoms with E-state index in [1.165, 1.54) is 7.11 Å². The highest BCUT2D eigenvalue weighted by molar-refractivity contribution is 5.86. The number of aliphatic carboxylic acids is 1. The summed E-state index contributed by atoms with van der Waals surface area (Å²) in [4.78, 5) is 35.0. The van der Waals surface area contributed by atoms with Crippen molar-refractivity contribution in [2.75, 3.05) is 7.11 Å². The Morgan fingerprint density at radius 2 is 1.75 bits per heavy atom. The fourth-order valence-corrected chi connectivity index (χ4v) is 2.48. The molecule has 0 aromatic rings. The summed E-state index contributed by atoms with van der Waals surface area (Å²) >= 11 is 0. The summed E-state index contributed by atoms with van der Waals surface area (Å²) in [6, 6.07) is -0.280. The Balaban J connectivity index is 2.86. The van der Waals surface area contributed by atoms with Crippen LogP contribution in [0.25, 0.3) is 0 Å². The molecule has 0 radical (unpaired) electrons. The first-order valence-corrected chi connectivity index (χ1v) is 6.79. The Bertz CT molecular complexity index is 383. The second kappa shape index (κ2) is 7.12. The topological polar surface area (TPSA) is 95.9 Å². The van der Waals surface area contributed by atoms with Crippen molar-refractivity contribution in [2.45, 2.75) is 45.6 Å². The number of carboxylic acids is 1. The summed E-state index contributed by atoms with van der Waals surface area (Å²) < 4.78 is 4.48. The summed E-state index contributed by atoms with van der Waals surface area (Å²) in [5.74, 6) is -2.60. The minimum Gasteiger partial charge on any atom is -0.481 e. The van der Waals surface area contributed by atoms with Crippen LogP contribution in [0, 0.1) is 11.8 Å². The van der Waals surface area contributed by atoms with Gasteiger partial charge >= 0.3 is 12.1 Å². The molecular weight excluding hydrogens is 264 g/mol. The molecule has 2 amide bonds. The molecule has 2 N–H and O–H groups in total. The van der Waals surface area contributed by atoms with Crippen LogP contribution in [0.15, 0.2) is 0 Å². The number of hydrogen-bond donors (Lipinski definition) is 2. The Kier molecular flexibility index (Phi) is 5.79. The smallest absolute Gasteiger partial charge is 0.425 e. The maximum Gasteiger partial charge on any atom is 0.425 e. The molecule has 1 aliphatic rings. The standard InChI is InChI=1S/C13H22N2O5/c1-8(2)15(14-13(19)20-3)11(16)9-6-4-5-7-10(9)12(17)18/h8-10H,4-7H2,1-3H3,(H,14,19)(H,17,18)/t9?,10-/m0/s1. The van der Waals surface area contributed by atoms with Gasteiger partial charge in [0.15, 0.2) is 0 Å². The number of ether oxygens (including phenoxy) is 1. The second-order valence-corrected chi connectivity index (χ2v) is 5.24. The van der Waals surface area contributed by atoms with E-state index < -0.39 is 23.9 Å². The SMILES string of the molecule is COC(=O)NN(C(=O)C1CCCC[C@@H]1C(=O)O)C(C)C. The monoisotopic (exact) mass is 286 g/mol. The van der Waals surface area contributed by atoms with Crippen molar-refractivity contribution < 1.29 is 24.2 Å². The molecule has 7 heteroatoms. The summed E-state index contributed by atoms with van der Waals surface area (Å²) in [6.07, 6.45) is 1.92. The molecule has 0 heterocycles. The van der Waals surface area contributed by atoms with Gasteiger partial charge in [-0.25, -0.2) is 15.2 Å². The second-order valence-electron chi connectivity index (χ2n) is 5.24. The molecule has 114 valence electrons. The number of carbonyl (C=O) groups is 3. The van der Waals surface area contributed by atoms with Gasteiger partial charge in [0.2, 0.25) is 5.91 Å². The lowest BCUT2D eigenvalue weighted by Gasteiger charge is -2.34. The average molecular weight is 286 g/mol. The molecule has 0 aromatic carbocycles. The van der Waals surface area contributed by atoms with Gasteiger partial charge in [0, 0.05) is 6.04 Å². The zero-order chi connectivity index (χ0) is 15.3. The molecule has 1 saturated carbocycles. The van der Waals surface area contributed by atoms with Crippen LogP contribution >= 0.6 is 0 Å². The van der Waals surface area contributed by atoms with Crippen LogP contribution in [0.1, 0.15) is 39.5 Å². The van der Waals surface area contributed by atoms with E-state index in [9.17, 15) is 19.5 Å². The average Bonchev–Trinajstić information content (AvgIpc) is 2.43. The molecule has 0 spiro atoms. The molecule has 1 unspecified atom stereocenters. The van der Waals surface area contributed by atoms with E-state index in [1.807, 2.05) is 0 Å². The number of rotatable bonds is 3. The predicted octanol–water partition coefficient (Wildman–Crippen LogP) is 1.39. The van der Waals surface area contributed by atoms with Crippen LogP contribution in [0.3, 0.4) is 0 Å². The number of methoxy groups -OCH3 is 1. The van der Waals surface area contributed by atoms with Gasteiger partial charge in [0.1, 0.15) is 0 Å². The molecule has 1 fully saturated rings. The lowest BCUT2D eigenvalue weighted by Crippen LogP contribution is -2.54. The van der Waals surface area contributed by atoms with Gasteiger partial charge in [-0.15, -0.1) is 0 Å². The van der Waals surface area contributed by atoms with Crippen molar-refractivity contribution in [1.29, 1.82) is 0 Å². The van der Waals surface area contributed by atoms with Crippen molar-refractivity contribution >= 4 is 18.0 Å². The largest absolute Gasteiger partial charge is 0.481 e. The first-order valence-electron chi connectivity index (χ1n) is 6.79. The highest BCUT2D eigenvalue weighted by atomic mass is 16.5. The molecular formula is C13H22N2O5. The Labute approximate surface area is 118 Å². The predicted molar refractivity (Wildman–Crippen MR) is 70.6 cm³/mol. The van der Waals surface area contributed by atoms with Gasteiger partial charge in [0.25, 0.3) is 0 Å². The van der Waals surface area contributed by atoms with Crippen LogP contribution in [0.4, 0.5) is 4.79 Å². The highest BCUT2D eigenvalue weighted by Gasteiger charge is 2.39. The van der Waals surface area contributed by atoms with E-state index in [-0.39, 0.29) is 11.9 Å². The van der Waals surface area contributed by atoms with Gasteiger partial charge in [0.05, 0.1) is 18.9 Å². The lowest BCUT2D eigenvalue weighted by atomic mass is 9.78. The number of nitrogens with zero attached hydrogens (tertiary/aromatic N) is 1. The van der Waals surface area contributed by atoms with Gasteiger partial charge < -0.3 is 9.84 Å². The van der Waals surface area contributed by atoms with Crippen molar-refractivity contribution in [3.63, 3.8) is 0 Å². The molecule has 20 heavy (non-hydrogen) atoms. The van der Waals surface area contributed by atoms with E-state index in [1.54, 1.807) is 13.8 Å². The molecule has 0 aromatic heterocycles. The maximum atomic E-state index is 12.5. The third-order valence-corrected chi connectivity index (χ3v) is 3.55. The number of carboxylic acid groups (broad SMARTS) is 1. The first kappa shape index (κ1) is 16.3. The summed E-state index contributed by atoms with van der Waals surface area (Å²) in [5.41, 5.74) is 2.35. The van der Waals surface area contributed by atoms with Gasteiger partial charge in [-0.2, -0.15) is 0 Å². The normalized spacial score (nSPS) is 22.2. The molecule has 7 nitrogen and oxygen atoms in total. The fraction of sp³-hybridized carbons (Fsp3) is 0.769.